The molecule has 0 bridgehead atoms. The summed E-state index contributed by atoms with van der Waals surface area (Å²) in [5.41, 5.74) is 0. The van der Waals surface area contributed by atoms with E-state index in [0.29, 0.717) is 18.0 Å². The highest BCUT2D eigenvalue weighted by Gasteiger charge is 2.39. The van der Waals surface area contributed by atoms with Crippen LogP contribution in [0.25, 0.3) is 0 Å². The van der Waals surface area contributed by atoms with E-state index in [9.17, 15) is 4.79 Å². The zero-order valence-corrected chi connectivity index (χ0v) is 14.5. The van der Waals surface area contributed by atoms with Gasteiger partial charge in [-0.05, 0) is 38.1 Å². The fourth-order valence-corrected chi connectivity index (χ4v) is 4.04. The van der Waals surface area contributed by atoms with Crippen molar-refractivity contribution in [1.82, 2.24) is 19.9 Å². The average Bonchev–Trinajstić information content (AvgIpc) is 3.18. The highest BCUT2D eigenvalue weighted by Crippen LogP contribution is 2.30. The van der Waals surface area contributed by atoms with Crippen LogP contribution in [0, 0.1) is 5.92 Å². The van der Waals surface area contributed by atoms with Crippen molar-refractivity contribution in [3.8, 4) is 0 Å². The summed E-state index contributed by atoms with van der Waals surface area (Å²) in [4.78, 5) is 20.9. The topological polar surface area (TPSA) is 62.5 Å². The second kappa shape index (κ2) is 6.99. The summed E-state index contributed by atoms with van der Waals surface area (Å²) < 4.78 is 5.35. The van der Waals surface area contributed by atoms with Gasteiger partial charge < -0.3 is 9.42 Å². The molecule has 0 unspecified atom stereocenters. The molecule has 2 atom stereocenters. The number of hydrogen-bond donors (Lipinski definition) is 0. The second-order valence-corrected chi connectivity index (χ2v) is 7.30. The van der Waals surface area contributed by atoms with Crippen LogP contribution in [0.2, 0.25) is 0 Å². The predicted octanol–water partition coefficient (Wildman–Crippen LogP) is 2.24. The lowest BCUT2D eigenvalue weighted by Gasteiger charge is -2.34. The van der Waals surface area contributed by atoms with Gasteiger partial charge in [0, 0.05) is 32.0 Å². The average molecular weight is 320 g/mol. The third-order valence-corrected chi connectivity index (χ3v) is 5.00. The first-order valence-corrected chi connectivity index (χ1v) is 8.87. The molecule has 1 aromatic heterocycles. The monoisotopic (exact) mass is 320 g/mol. The number of nitrogens with zero attached hydrogens (tertiary/aromatic N) is 4. The number of hydrogen-bond acceptors (Lipinski definition) is 5. The molecule has 2 aliphatic rings. The quantitative estimate of drug-likeness (QED) is 0.832. The summed E-state index contributed by atoms with van der Waals surface area (Å²) >= 11 is 0. The van der Waals surface area contributed by atoms with Crippen molar-refractivity contribution >= 4 is 5.91 Å². The van der Waals surface area contributed by atoms with Gasteiger partial charge in [0.15, 0.2) is 5.82 Å². The summed E-state index contributed by atoms with van der Waals surface area (Å²) in [7, 11) is 0. The van der Waals surface area contributed by atoms with Gasteiger partial charge >= 0.3 is 0 Å². The Kier molecular flexibility index (Phi) is 4.99. The Bertz CT molecular complexity index is 542. The van der Waals surface area contributed by atoms with E-state index in [1.165, 1.54) is 6.42 Å². The van der Waals surface area contributed by atoms with Crippen LogP contribution in [0.3, 0.4) is 0 Å². The number of carbonyl (C=O) groups is 1. The smallest absolute Gasteiger partial charge is 0.226 e. The molecule has 0 radical (unpaired) electrons. The van der Waals surface area contributed by atoms with Gasteiger partial charge in [-0.3, -0.25) is 9.69 Å². The van der Waals surface area contributed by atoms with Crippen LogP contribution < -0.4 is 0 Å². The molecule has 0 saturated carbocycles. The maximum atomic E-state index is 11.9. The van der Waals surface area contributed by atoms with Crippen LogP contribution in [0.5, 0.6) is 0 Å². The highest BCUT2D eigenvalue weighted by atomic mass is 16.5. The molecule has 3 rings (SSSR count). The predicted molar refractivity (Wildman–Crippen MR) is 86.7 cm³/mol. The Hall–Kier alpha value is -1.43. The summed E-state index contributed by atoms with van der Waals surface area (Å²) in [6, 6.07) is 0.797. The lowest BCUT2D eigenvalue weighted by atomic mass is 10.0. The van der Waals surface area contributed by atoms with E-state index in [-0.39, 0.29) is 5.91 Å². The maximum absolute atomic E-state index is 11.9. The lowest BCUT2D eigenvalue weighted by molar-refractivity contribution is -0.130. The summed E-state index contributed by atoms with van der Waals surface area (Å²) in [6.45, 7) is 8.68. The summed E-state index contributed by atoms with van der Waals surface area (Å²) in [5, 5.41) is 4.14. The zero-order chi connectivity index (χ0) is 16.4. The van der Waals surface area contributed by atoms with Gasteiger partial charge in [-0.15, -0.1) is 0 Å². The fourth-order valence-electron chi connectivity index (χ4n) is 4.04. The van der Waals surface area contributed by atoms with Crippen LogP contribution >= 0.6 is 0 Å². The van der Waals surface area contributed by atoms with Crippen molar-refractivity contribution < 1.29 is 9.32 Å². The Morgan fingerprint density at radius 2 is 2.00 bits per heavy atom. The molecule has 0 aliphatic carbocycles. The summed E-state index contributed by atoms with van der Waals surface area (Å²) in [6.07, 6.45) is 5.41. The van der Waals surface area contributed by atoms with Crippen molar-refractivity contribution in [1.29, 1.82) is 0 Å². The molecular formula is C17H28N4O2. The van der Waals surface area contributed by atoms with Crippen molar-refractivity contribution in [2.24, 2.45) is 5.92 Å². The van der Waals surface area contributed by atoms with Crippen LogP contribution in [-0.2, 0) is 17.8 Å². The number of amides is 1. The maximum Gasteiger partial charge on any atom is 0.226 e. The molecule has 3 heterocycles. The zero-order valence-electron chi connectivity index (χ0n) is 14.5. The van der Waals surface area contributed by atoms with Gasteiger partial charge in [0.25, 0.3) is 0 Å². The molecule has 6 heteroatoms. The third-order valence-electron chi connectivity index (χ3n) is 5.00. The summed E-state index contributed by atoms with van der Waals surface area (Å²) in [5.74, 6) is 2.24. The standard InChI is InChI=1S/C17H28N4O2/c1-12(2)10-17-18-16(19-23-17)11-20-8-4-6-14(20)15-7-5-9-21(15)13(3)22/h12,14-15H,4-11H2,1-3H3/t14-,15-/m1/s1. The minimum absolute atomic E-state index is 0.207. The van der Waals surface area contributed by atoms with Crippen LogP contribution in [0.15, 0.2) is 4.52 Å². The van der Waals surface area contributed by atoms with Gasteiger partial charge in [0.05, 0.1) is 6.54 Å². The molecule has 6 nitrogen and oxygen atoms in total. The lowest BCUT2D eigenvalue weighted by Crippen LogP contribution is -2.47. The Balaban J connectivity index is 1.65. The number of aromatic nitrogens is 2. The molecule has 2 aliphatic heterocycles. The van der Waals surface area contributed by atoms with Gasteiger partial charge in [0.1, 0.15) is 0 Å². The van der Waals surface area contributed by atoms with Gasteiger partial charge in [-0.2, -0.15) is 4.98 Å². The SMILES string of the molecule is CC(=O)N1CCC[C@@H]1[C@H]1CCCN1Cc1noc(CC(C)C)n1. The minimum atomic E-state index is 0.207. The molecule has 128 valence electrons. The van der Waals surface area contributed by atoms with E-state index in [0.717, 1.165) is 57.0 Å². The van der Waals surface area contributed by atoms with Crippen molar-refractivity contribution in [2.45, 2.75) is 71.5 Å². The molecule has 0 spiro atoms. The van der Waals surface area contributed by atoms with Crippen LogP contribution in [0.1, 0.15) is 58.2 Å². The van der Waals surface area contributed by atoms with Crippen molar-refractivity contribution in [3.63, 3.8) is 0 Å². The first kappa shape index (κ1) is 16.4. The molecular weight excluding hydrogens is 292 g/mol. The fraction of sp³-hybridized carbons (Fsp3) is 0.824. The van der Waals surface area contributed by atoms with E-state index in [2.05, 4.69) is 33.8 Å². The van der Waals surface area contributed by atoms with E-state index >= 15 is 0 Å². The van der Waals surface area contributed by atoms with Crippen molar-refractivity contribution in [2.75, 3.05) is 13.1 Å². The van der Waals surface area contributed by atoms with Gasteiger partial charge in [0.2, 0.25) is 11.8 Å². The third kappa shape index (κ3) is 3.74. The van der Waals surface area contributed by atoms with Gasteiger partial charge in [-0.1, -0.05) is 19.0 Å². The molecule has 1 amide bonds. The number of carbonyl (C=O) groups excluding carboxylic acids is 1. The molecule has 0 aromatic carbocycles. The Morgan fingerprint density at radius 1 is 1.26 bits per heavy atom. The van der Waals surface area contributed by atoms with E-state index in [1.807, 2.05) is 0 Å². The Labute approximate surface area is 138 Å². The Morgan fingerprint density at radius 3 is 2.74 bits per heavy atom. The first-order valence-electron chi connectivity index (χ1n) is 8.87. The molecule has 23 heavy (non-hydrogen) atoms. The second-order valence-electron chi connectivity index (χ2n) is 7.30. The highest BCUT2D eigenvalue weighted by molar-refractivity contribution is 5.74. The van der Waals surface area contributed by atoms with Crippen LogP contribution in [0.4, 0.5) is 0 Å². The molecule has 0 N–H and O–H groups in total. The number of rotatable bonds is 5. The first-order chi connectivity index (χ1) is 11.0. The minimum Gasteiger partial charge on any atom is -0.339 e. The number of likely N-dealkylation sites (tertiary alicyclic amines) is 2. The van der Waals surface area contributed by atoms with Crippen LogP contribution in [-0.4, -0.2) is 51.0 Å². The van der Waals surface area contributed by atoms with E-state index in [1.54, 1.807) is 6.92 Å². The van der Waals surface area contributed by atoms with E-state index in [4.69, 9.17) is 4.52 Å². The molecule has 2 fully saturated rings. The molecule has 2 saturated heterocycles. The molecule has 1 aromatic rings. The normalized spacial score (nSPS) is 25.7. The van der Waals surface area contributed by atoms with Crippen molar-refractivity contribution in [3.05, 3.63) is 11.7 Å². The van der Waals surface area contributed by atoms with E-state index < -0.39 is 0 Å². The van der Waals surface area contributed by atoms with Gasteiger partial charge in [-0.25, -0.2) is 0 Å². The largest absolute Gasteiger partial charge is 0.339 e.